The number of ether oxygens (including phenoxy) is 1. The molecule has 1 aromatic carbocycles. The summed E-state index contributed by atoms with van der Waals surface area (Å²) in [6, 6.07) is 4.37. The maximum Gasteiger partial charge on any atom is 0.337 e. The number of amides is 2. The number of aliphatic hydroxyl groups is 1. The third-order valence-electron chi connectivity index (χ3n) is 2.99. The van der Waals surface area contributed by atoms with E-state index in [9.17, 15) is 14.4 Å². The normalized spacial score (nSPS) is 14.1. The second-order valence-electron chi connectivity index (χ2n) is 4.39. The SMILES string of the molecule is COC(=O)c1ccc(Cl)c(NC2=CC(=O)N(CCO)C2=O)c1. The van der Waals surface area contributed by atoms with Gasteiger partial charge in [0.2, 0.25) is 0 Å². The number of hydrogen-bond acceptors (Lipinski definition) is 6. The number of β-amino-alcohol motifs (C(OH)–C–C–N with tert-alkyl or cyclic N) is 1. The van der Waals surface area contributed by atoms with Crippen molar-refractivity contribution in [2.75, 3.05) is 25.6 Å². The molecule has 0 aliphatic carbocycles. The Balaban J connectivity index is 2.24. The van der Waals surface area contributed by atoms with E-state index in [0.717, 1.165) is 11.0 Å². The molecule has 0 spiro atoms. The van der Waals surface area contributed by atoms with Crippen LogP contribution in [0.15, 0.2) is 30.0 Å². The van der Waals surface area contributed by atoms with E-state index in [2.05, 4.69) is 10.1 Å². The summed E-state index contributed by atoms with van der Waals surface area (Å²) in [5.41, 5.74) is 0.559. The molecule has 116 valence electrons. The monoisotopic (exact) mass is 324 g/mol. The number of methoxy groups -OCH3 is 1. The molecule has 0 radical (unpaired) electrons. The van der Waals surface area contributed by atoms with Gasteiger partial charge in [0.15, 0.2) is 0 Å². The third kappa shape index (κ3) is 3.10. The first kappa shape index (κ1) is 16.0. The number of rotatable bonds is 5. The van der Waals surface area contributed by atoms with Crippen LogP contribution in [0.4, 0.5) is 5.69 Å². The minimum Gasteiger partial charge on any atom is -0.465 e. The molecule has 0 aromatic heterocycles. The van der Waals surface area contributed by atoms with Crippen LogP contribution in [0.5, 0.6) is 0 Å². The molecule has 0 fully saturated rings. The van der Waals surface area contributed by atoms with Crippen molar-refractivity contribution in [3.63, 3.8) is 0 Å². The number of carbonyl (C=O) groups excluding carboxylic acids is 3. The number of hydrogen-bond donors (Lipinski definition) is 2. The zero-order chi connectivity index (χ0) is 16.3. The molecule has 1 aromatic rings. The number of anilines is 1. The van der Waals surface area contributed by atoms with Crippen molar-refractivity contribution in [2.24, 2.45) is 0 Å². The quantitative estimate of drug-likeness (QED) is 0.614. The maximum absolute atomic E-state index is 12.0. The van der Waals surface area contributed by atoms with Crippen molar-refractivity contribution in [3.8, 4) is 0 Å². The fraction of sp³-hybridized carbons (Fsp3) is 0.214. The topological polar surface area (TPSA) is 95.9 Å². The second-order valence-corrected chi connectivity index (χ2v) is 4.80. The zero-order valence-corrected chi connectivity index (χ0v) is 12.4. The number of imide groups is 1. The minimum absolute atomic E-state index is 0.0161. The third-order valence-corrected chi connectivity index (χ3v) is 3.32. The Morgan fingerprint density at radius 1 is 1.41 bits per heavy atom. The predicted molar refractivity (Wildman–Crippen MR) is 78.3 cm³/mol. The summed E-state index contributed by atoms with van der Waals surface area (Å²) in [6.07, 6.45) is 1.11. The molecule has 2 N–H and O–H groups in total. The maximum atomic E-state index is 12.0. The Labute approximate surface area is 131 Å². The van der Waals surface area contributed by atoms with E-state index in [1.165, 1.54) is 25.3 Å². The van der Waals surface area contributed by atoms with Gasteiger partial charge in [-0.2, -0.15) is 0 Å². The Bertz CT molecular complexity index is 671. The van der Waals surface area contributed by atoms with Crippen LogP contribution in [-0.4, -0.2) is 48.1 Å². The van der Waals surface area contributed by atoms with E-state index in [0.29, 0.717) is 5.69 Å². The number of esters is 1. The van der Waals surface area contributed by atoms with Gasteiger partial charge in [0.25, 0.3) is 11.8 Å². The van der Waals surface area contributed by atoms with Gasteiger partial charge in [-0.25, -0.2) is 4.79 Å². The Kier molecular flexibility index (Phi) is 4.79. The summed E-state index contributed by atoms with van der Waals surface area (Å²) in [5, 5.41) is 11.8. The van der Waals surface area contributed by atoms with Crippen LogP contribution in [0.2, 0.25) is 5.02 Å². The molecular weight excluding hydrogens is 312 g/mol. The van der Waals surface area contributed by atoms with Gasteiger partial charge < -0.3 is 15.2 Å². The lowest BCUT2D eigenvalue weighted by Crippen LogP contribution is -2.34. The Morgan fingerprint density at radius 3 is 2.77 bits per heavy atom. The largest absolute Gasteiger partial charge is 0.465 e. The van der Waals surface area contributed by atoms with Gasteiger partial charge in [0.05, 0.1) is 36.5 Å². The van der Waals surface area contributed by atoms with Crippen molar-refractivity contribution in [2.45, 2.75) is 0 Å². The molecule has 7 nitrogen and oxygen atoms in total. The number of nitrogens with one attached hydrogen (secondary N) is 1. The van der Waals surface area contributed by atoms with Gasteiger partial charge >= 0.3 is 5.97 Å². The van der Waals surface area contributed by atoms with E-state index < -0.39 is 17.8 Å². The van der Waals surface area contributed by atoms with Gasteiger partial charge in [0.1, 0.15) is 5.70 Å². The molecule has 0 saturated carbocycles. The highest BCUT2D eigenvalue weighted by molar-refractivity contribution is 6.33. The number of carbonyl (C=O) groups is 3. The van der Waals surface area contributed by atoms with Gasteiger partial charge in [-0.15, -0.1) is 0 Å². The Hall–Kier alpha value is -2.38. The lowest BCUT2D eigenvalue weighted by molar-refractivity contribution is -0.137. The summed E-state index contributed by atoms with van der Waals surface area (Å²) >= 11 is 6.01. The lowest BCUT2D eigenvalue weighted by Gasteiger charge is -2.14. The van der Waals surface area contributed by atoms with Crippen LogP contribution in [0.25, 0.3) is 0 Å². The van der Waals surface area contributed by atoms with Crippen LogP contribution in [-0.2, 0) is 14.3 Å². The molecule has 2 rings (SSSR count). The molecular formula is C14H13ClN2O5. The molecule has 0 saturated heterocycles. The highest BCUT2D eigenvalue weighted by atomic mass is 35.5. The first-order valence-corrected chi connectivity index (χ1v) is 6.69. The molecule has 0 unspecified atom stereocenters. The summed E-state index contributed by atoms with van der Waals surface area (Å²) in [6.45, 7) is -0.410. The molecule has 0 bridgehead atoms. The van der Waals surface area contributed by atoms with Crippen molar-refractivity contribution >= 4 is 35.1 Å². The van der Waals surface area contributed by atoms with Gasteiger partial charge in [-0.3, -0.25) is 14.5 Å². The van der Waals surface area contributed by atoms with Crippen LogP contribution in [0, 0.1) is 0 Å². The van der Waals surface area contributed by atoms with Crippen LogP contribution < -0.4 is 5.32 Å². The highest BCUT2D eigenvalue weighted by Gasteiger charge is 2.30. The fourth-order valence-corrected chi connectivity index (χ4v) is 2.09. The number of benzene rings is 1. The number of nitrogens with zero attached hydrogens (tertiary/aromatic N) is 1. The summed E-state index contributed by atoms with van der Waals surface area (Å²) in [7, 11) is 1.25. The van der Waals surface area contributed by atoms with Crippen LogP contribution in [0.1, 0.15) is 10.4 Å². The van der Waals surface area contributed by atoms with E-state index in [4.69, 9.17) is 16.7 Å². The van der Waals surface area contributed by atoms with E-state index in [1.54, 1.807) is 0 Å². The average Bonchev–Trinajstić information content (AvgIpc) is 2.76. The van der Waals surface area contributed by atoms with Gasteiger partial charge in [-0.1, -0.05) is 11.6 Å². The smallest absolute Gasteiger partial charge is 0.337 e. The van der Waals surface area contributed by atoms with Crippen LogP contribution >= 0.6 is 11.6 Å². The summed E-state index contributed by atoms with van der Waals surface area (Å²) in [4.78, 5) is 36.1. The van der Waals surface area contributed by atoms with Crippen molar-refractivity contribution < 1.29 is 24.2 Å². The first-order valence-electron chi connectivity index (χ1n) is 6.31. The Morgan fingerprint density at radius 2 is 2.14 bits per heavy atom. The molecule has 0 atom stereocenters. The number of aliphatic hydroxyl groups excluding tert-OH is 1. The molecule has 1 aliphatic heterocycles. The second kappa shape index (κ2) is 6.59. The standard InChI is InChI=1S/C14H13ClN2O5/c1-22-14(21)8-2-3-9(15)10(6-8)16-11-7-12(19)17(4-5-18)13(11)20/h2-3,6-7,16,18H,4-5H2,1H3. The fourth-order valence-electron chi connectivity index (χ4n) is 1.92. The van der Waals surface area contributed by atoms with Crippen LogP contribution in [0.3, 0.4) is 0 Å². The van der Waals surface area contributed by atoms with Gasteiger partial charge in [0, 0.05) is 6.08 Å². The average molecular weight is 325 g/mol. The molecule has 1 heterocycles. The van der Waals surface area contributed by atoms with E-state index >= 15 is 0 Å². The molecule has 22 heavy (non-hydrogen) atoms. The highest BCUT2D eigenvalue weighted by Crippen LogP contribution is 2.26. The van der Waals surface area contributed by atoms with Crippen molar-refractivity contribution in [3.05, 3.63) is 40.6 Å². The summed E-state index contributed by atoms with van der Waals surface area (Å²) < 4.78 is 4.61. The summed E-state index contributed by atoms with van der Waals surface area (Å²) in [5.74, 6) is -1.65. The molecule has 2 amide bonds. The van der Waals surface area contributed by atoms with E-state index in [1.807, 2.05) is 0 Å². The van der Waals surface area contributed by atoms with Crippen molar-refractivity contribution in [1.82, 2.24) is 4.90 Å². The molecule has 8 heteroatoms. The zero-order valence-electron chi connectivity index (χ0n) is 11.6. The van der Waals surface area contributed by atoms with E-state index in [-0.39, 0.29) is 29.4 Å². The minimum atomic E-state index is -0.571. The lowest BCUT2D eigenvalue weighted by atomic mass is 10.2. The van der Waals surface area contributed by atoms with Gasteiger partial charge in [-0.05, 0) is 18.2 Å². The molecule has 1 aliphatic rings. The predicted octanol–water partition coefficient (Wildman–Crippen LogP) is 0.783. The first-order chi connectivity index (χ1) is 10.5. The number of halogens is 1. The van der Waals surface area contributed by atoms with Crippen molar-refractivity contribution in [1.29, 1.82) is 0 Å².